The first-order chi connectivity index (χ1) is 20.1. The molecule has 0 aromatic heterocycles. The van der Waals surface area contributed by atoms with E-state index < -0.39 is 0 Å². The van der Waals surface area contributed by atoms with Crippen molar-refractivity contribution in [3.63, 3.8) is 0 Å². The SMILES string of the molecule is CC1(c2c3ccccc3c(C3=CC45C=C(C6CCCC6)C=CC4(C=C3)C5)c3ccccc23)CC=Cc2ccccc21. The van der Waals surface area contributed by atoms with Crippen LogP contribution in [0.5, 0.6) is 0 Å². The van der Waals surface area contributed by atoms with Gasteiger partial charge in [0.15, 0.2) is 0 Å². The van der Waals surface area contributed by atoms with Crippen molar-refractivity contribution >= 4 is 33.2 Å². The minimum Gasteiger partial charge on any atom is -0.0827 e. The quantitative estimate of drug-likeness (QED) is 0.232. The van der Waals surface area contributed by atoms with Crippen molar-refractivity contribution in [1.29, 1.82) is 0 Å². The van der Waals surface area contributed by atoms with E-state index in [2.05, 4.69) is 128 Å². The molecule has 0 amide bonds. The second-order valence-electron chi connectivity index (χ2n) is 13.5. The molecule has 0 heteroatoms. The molecule has 3 unspecified atom stereocenters. The highest BCUT2D eigenvalue weighted by Crippen LogP contribution is 2.72. The van der Waals surface area contributed by atoms with Gasteiger partial charge >= 0.3 is 0 Å². The number of hydrogen-bond donors (Lipinski definition) is 0. The highest BCUT2D eigenvalue weighted by Gasteiger charge is 2.64. The minimum atomic E-state index is -0.0999. The topological polar surface area (TPSA) is 0 Å². The molecule has 0 N–H and O–H groups in total. The first-order valence-electron chi connectivity index (χ1n) is 15.7. The van der Waals surface area contributed by atoms with Crippen LogP contribution in [0.25, 0.3) is 33.2 Å². The van der Waals surface area contributed by atoms with Gasteiger partial charge in [0.2, 0.25) is 0 Å². The lowest BCUT2D eigenvalue weighted by molar-refractivity contribution is 0.584. The molecule has 3 atom stereocenters. The van der Waals surface area contributed by atoms with Gasteiger partial charge in [-0.15, -0.1) is 0 Å². The molecule has 0 heterocycles. The van der Waals surface area contributed by atoms with Gasteiger partial charge in [-0.05, 0) is 86.5 Å². The van der Waals surface area contributed by atoms with Gasteiger partial charge in [0, 0.05) is 16.2 Å². The summed E-state index contributed by atoms with van der Waals surface area (Å²) in [5.74, 6) is 0.760. The fourth-order valence-electron chi connectivity index (χ4n) is 9.11. The summed E-state index contributed by atoms with van der Waals surface area (Å²) in [6, 6.07) is 27.4. The van der Waals surface area contributed by atoms with E-state index >= 15 is 0 Å². The summed E-state index contributed by atoms with van der Waals surface area (Å²) in [5, 5.41) is 5.53. The van der Waals surface area contributed by atoms with Gasteiger partial charge in [-0.3, -0.25) is 0 Å². The smallest absolute Gasteiger partial charge is 0.0227 e. The Morgan fingerprint density at radius 1 is 0.659 bits per heavy atom. The zero-order valence-corrected chi connectivity index (χ0v) is 23.9. The van der Waals surface area contributed by atoms with Crippen LogP contribution in [0.1, 0.15) is 67.7 Å². The molecule has 4 aromatic rings. The maximum absolute atomic E-state index is 2.68. The Kier molecular flexibility index (Phi) is 4.83. The van der Waals surface area contributed by atoms with E-state index in [0.29, 0.717) is 0 Å². The van der Waals surface area contributed by atoms with E-state index in [9.17, 15) is 0 Å². The maximum Gasteiger partial charge on any atom is 0.0227 e. The largest absolute Gasteiger partial charge is 0.0827 e. The normalized spacial score (nSPS) is 29.7. The van der Waals surface area contributed by atoms with E-state index in [0.717, 1.165) is 12.3 Å². The van der Waals surface area contributed by atoms with Crippen molar-refractivity contribution in [3.8, 4) is 0 Å². The van der Waals surface area contributed by atoms with Gasteiger partial charge in [0.1, 0.15) is 0 Å². The average Bonchev–Trinajstić information content (AvgIpc) is 3.37. The third-order valence-corrected chi connectivity index (χ3v) is 11.3. The lowest BCUT2D eigenvalue weighted by Gasteiger charge is -2.37. The van der Waals surface area contributed by atoms with Crippen LogP contribution < -0.4 is 0 Å². The summed E-state index contributed by atoms with van der Waals surface area (Å²) in [4.78, 5) is 0. The van der Waals surface area contributed by atoms with E-state index in [-0.39, 0.29) is 16.2 Å². The Hall–Kier alpha value is -3.90. The van der Waals surface area contributed by atoms with E-state index in [4.69, 9.17) is 0 Å². The van der Waals surface area contributed by atoms with E-state index in [1.54, 1.807) is 5.57 Å². The van der Waals surface area contributed by atoms with Crippen LogP contribution in [0, 0.1) is 16.7 Å². The molecule has 0 spiro atoms. The molecule has 41 heavy (non-hydrogen) atoms. The molecular formula is C41H36. The molecule has 200 valence electrons. The molecule has 2 saturated carbocycles. The van der Waals surface area contributed by atoms with E-state index in [1.807, 2.05) is 0 Å². The predicted molar refractivity (Wildman–Crippen MR) is 174 cm³/mol. The van der Waals surface area contributed by atoms with Gasteiger partial charge in [-0.2, -0.15) is 0 Å². The highest BCUT2D eigenvalue weighted by molar-refractivity contribution is 6.14. The van der Waals surface area contributed by atoms with Crippen molar-refractivity contribution in [3.05, 3.63) is 143 Å². The van der Waals surface area contributed by atoms with Crippen molar-refractivity contribution in [2.45, 2.75) is 50.9 Å². The number of rotatable bonds is 3. The van der Waals surface area contributed by atoms with Crippen LogP contribution in [0.3, 0.4) is 0 Å². The first kappa shape index (κ1) is 23.8. The molecular weight excluding hydrogens is 492 g/mol. The molecule has 0 radical (unpaired) electrons. The standard InChI is InChI=1S/C41H36/c1-39(22-10-14-29-13-4-9-19-36(29)39)38-34-17-7-5-15-32(34)37(33-16-6-8-18-35(33)38)31-21-24-40-23-20-30(28-11-2-3-12-28)25-41(40,26-31)27-40/h4-10,13-21,23-26,28H,2-3,11-12,22,27H2,1H3. The number of benzene rings is 4. The van der Waals surface area contributed by atoms with Crippen molar-refractivity contribution in [2.24, 2.45) is 16.7 Å². The third kappa shape index (κ3) is 3.22. The van der Waals surface area contributed by atoms with E-state index in [1.165, 1.54) is 81.5 Å². The Morgan fingerprint density at radius 2 is 1.32 bits per heavy atom. The van der Waals surface area contributed by atoms with Gasteiger partial charge in [-0.1, -0.05) is 141 Å². The molecule has 9 rings (SSSR count). The molecule has 0 bridgehead atoms. The summed E-state index contributed by atoms with van der Waals surface area (Å²) in [7, 11) is 0. The van der Waals surface area contributed by atoms with Gasteiger partial charge in [-0.25, -0.2) is 0 Å². The summed E-state index contributed by atoms with van der Waals surface area (Å²) >= 11 is 0. The number of hydrogen-bond acceptors (Lipinski definition) is 0. The highest BCUT2D eigenvalue weighted by atomic mass is 14.7. The Balaban J connectivity index is 1.29. The van der Waals surface area contributed by atoms with Crippen molar-refractivity contribution in [2.75, 3.05) is 0 Å². The summed E-state index contributed by atoms with van der Waals surface area (Å²) in [6.45, 7) is 2.46. The summed E-state index contributed by atoms with van der Waals surface area (Å²) < 4.78 is 0. The third-order valence-electron chi connectivity index (χ3n) is 11.3. The minimum absolute atomic E-state index is 0.0999. The zero-order chi connectivity index (χ0) is 27.2. The second-order valence-corrected chi connectivity index (χ2v) is 13.5. The monoisotopic (exact) mass is 528 g/mol. The van der Waals surface area contributed by atoms with Gasteiger partial charge < -0.3 is 0 Å². The maximum atomic E-state index is 2.68. The van der Waals surface area contributed by atoms with Crippen LogP contribution in [-0.2, 0) is 5.41 Å². The Morgan fingerprint density at radius 3 is 2.07 bits per heavy atom. The van der Waals surface area contributed by atoms with Crippen LogP contribution >= 0.6 is 0 Å². The van der Waals surface area contributed by atoms with Gasteiger partial charge in [0.05, 0.1) is 0 Å². The molecule has 5 aliphatic carbocycles. The molecule has 2 fully saturated rings. The molecule has 0 saturated heterocycles. The van der Waals surface area contributed by atoms with Crippen LogP contribution in [-0.4, -0.2) is 0 Å². The molecule has 0 nitrogen and oxygen atoms in total. The predicted octanol–water partition coefficient (Wildman–Crippen LogP) is 10.7. The van der Waals surface area contributed by atoms with Crippen LogP contribution in [0.15, 0.2) is 121 Å². The Labute approximate surface area is 243 Å². The number of allylic oxidation sites excluding steroid dienone is 9. The average molecular weight is 529 g/mol. The fourth-order valence-corrected chi connectivity index (χ4v) is 9.11. The number of fused-ring (bicyclic) bond motifs is 3. The fraction of sp³-hybridized carbons (Fsp3) is 0.268. The Bertz CT molecular complexity index is 1860. The van der Waals surface area contributed by atoms with Crippen molar-refractivity contribution < 1.29 is 0 Å². The summed E-state index contributed by atoms with van der Waals surface area (Å²) in [6.07, 6.45) is 27.7. The van der Waals surface area contributed by atoms with Crippen LogP contribution in [0.4, 0.5) is 0 Å². The molecule has 0 aliphatic heterocycles. The lowest BCUT2D eigenvalue weighted by Crippen LogP contribution is -2.27. The first-order valence-corrected chi connectivity index (χ1v) is 15.7. The lowest BCUT2D eigenvalue weighted by atomic mass is 9.66. The molecule has 5 aliphatic rings. The van der Waals surface area contributed by atoms with Gasteiger partial charge in [0.25, 0.3) is 0 Å². The molecule has 4 aromatic carbocycles. The van der Waals surface area contributed by atoms with Crippen molar-refractivity contribution in [1.82, 2.24) is 0 Å². The second kappa shape index (κ2) is 8.32. The van der Waals surface area contributed by atoms with Crippen LogP contribution in [0.2, 0.25) is 0 Å². The summed E-state index contributed by atoms with van der Waals surface area (Å²) in [5.41, 5.74) is 8.87. The zero-order valence-electron chi connectivity index (χ0n) is 23.9.